The number of carbonyl (C=O) groups is 1. The third kappa shape index (κ3) is 6.12. The maximum Gasteiger partial charge on any atom is 0.224 e. The molecule has 1 saturated heterocycles. The van der Waals surface area contributed by atoms with E-state index in [1.807, 2.05) is 0 Å². The van der Waals surface area contributed by atoms with Crippen molar-refractivity contribution < 1.29 is 4.79 Å². The Balaban J connectivity index is 0.00000192. The molecule has 25 heavy (non-hydrogen) atoms. The van der Waals surface area contributed by atoms with E-state index in [9.17, 15) is 4.79 Å². The van der Waals surface area contributed by atoms with Gasteiger partial charge < -0.3 is 20.9 Å². The Morgan fingerprint density at radius 2 is 1.72 bits per heavy atom. The maximum atomic E-state index is 12.5. The van der Waals surface area contributed by atoms with E-state index in [1.54, 1.807) is 0 Å². The summed E-state index contributed by atoms with van der Waals surface area (Å²) >= 11 is 0. The summed E-state index contributed by atoms with van der Waals surface area (Å²) in [6.45, 7) is 8.69. The van der Waals surface area contributed by atoms with Gasteiger partial charge in [-0.05, 0) is 44.1 Å². The number of nitrogens with one attached hydrogen (secondary N) is 1. The number of fused-ring (bicyclic) bond motifs is 2. The molecule has 5 nitrogen and oxygen atoms in total. The van der Waals surface area contributed by atoms with Crippen molar-refractivity contribution in [3.05, 3.63) is 0 Å². The van der Waals surface area contributed by atoms with E-state index >= 15 is 0 Å². The zero-order chi connectivity index (χ0) is 15.7. The van der Waals surface area contributed by atoms with Gasteiger partial charge in [0.2, 0.25) is 5.91 Å². The number of amides is 1. The molecular formula is C17H35Cl3N4O. The number of nitrogens with two attached hydrogens (primary N) is 1. The second-order valence-corrected chi connectivity index (χ2v) is 7.89. The van der Waals surface area contributed by atoms with Crippen molar-refractivity contribution in [2.24, 2.45) is 29.4 Å². The van der Waals surface area contributed by atoms with Gasteiger partial charge in [0.15, 0.2) is 0 Å². The SMILES string of the molecule is CC(CNC(=O)C1C2CCC(C2)C1N)CN1CCN(C)CC1.Cl.Cl.Cl. The number of likely N-dealkylation sites (N-methyl/N-ethyl adjacent to an activating group) is 1. The highest BCUT2D eigenvalue weighted by atomic mass is 35.5. The van der Waals surface area contributed by atoms with Crippen LogP contribution in [0.2, 0.25) is 0 Å². The predicted molar refractivity (Wildman–Crippen MR) is 110 cm³/mol. The van der Waals surface area contributed by atoms with E-state index in [1.165, 1.54) is 19.3 Å². The second-order valence-electron chi connectivity index (χ2n) is 7.89. The number of rotatable bonds is 5. The summed E-state index contributed by atoms with van der Waals surface area (Å²) in [5, 5.41) is 3.18. The van der Waals surface area contributed by atoms with Gasteiger partial charge in [0.25, 0.3) is 0 Å². The van der Waals surface area contributed by atoms with Crippen molar-refractivity contribution in [1.82, 2.24) is 15.1 Å². The third-order valence-electron chi connectivity index (χ3n) is 6.07. The predicted octanol–water partition coefficient (Wildman–Crippen LogP) is 1.62. The van der Waals surface area contributed by atoms with Crippen LogP contribution in [-0.4, -0.2) is 68.1 Å². The van der Waals surface area contributed by atoms with Gasteiger partial charge in [-0.1, -0.05) is 6.92 Å². The largest absolute Gasteiger partial charge is 0.355 e. The molecule has 1 amide bonds. The molecule has 3 fully saturated rings. The van der Waals surface area contributed by atoms with Crippen molar-refractivity contribution in [3.63, 3.8) is 0 Å². The van der Waals surface area contributed by atoms with Crippen LogP contribution in [0.25, 0.3) is 0 Å². The van der Waals surface area contributed by atoms with Crippen molar-refractivity contribution in [2.75, 3.05) is 46.3 Å². The number of hydrogen-bond acceptors (Lipinski definition) is 4. The monoisotopic (exact) mass is 416 g/mol. The number of nitrogens with zero attached hydrogens (tertiary/aromatic N) is 2. The topological polar surface area (TPSA) is 61.6 Å². The molecule has 3 rings (SSSR count). The van der Waals surface area contributed by atoms with Gasteiger partial charge in [-0.3, -0.25) is 4.79 Å². The Bertz CT molecular complexity index is 405. The molecule has 0 aromatic rings. The molecule has 0 spiro atoms. The van der Waals surface area contributed by atoms with Gasteiger partial charge in [-0.2, -0.15) is 0 Å². The van der Waals surface area contributed by atoms with Gasteiger partial charge in [0, 0.05) is 45.3 Å². The molecule has 8 heteroatoms. The lowest BCUT2D eigenvalue weighted by molar-refractivity contribution is -0.127. The summed E-state index contributed by atoms with van der Waals surface area (Å²) in [5.41, 5.74) is 6.26. The molecule has 0 radical (unpaired) electrons. The van der Waals surface area contributed by atoms with Crippen LogP contribution in [0, 0.1) is 23.7 Å². The molecule has 3 aliphatic rings. The Morgan fingerprint density at radius 3 is 2.28 bits per heavy atom. The number of carbonyl (C=O) groups excluding carboxylic acids is 1. The van der Waals surface area contributed by atoms with Crippen LogP contribution in [-0.2, 0) is 4.79 Å². The Labute approximate surface area is 171 Å². The molecule has 2 bridgehead atoms. The Hall–Kier alpha value is 0.220. The Morgan fingerprint density at radius 1 is 1.12 bits per heavy atom. The average Bonchev–Trinajstić information content (AvgIpc) is 3.08. The molecule has 2 saturated carbocycles. The van der Waals surface area contributed by atoms with Crippen LogP contribution >= 0.6 is 37.2 Å². The minimum absolute atomic E-state index is 0. The van der Waals surface area contributed by atoms with Crippen LogP contribution in [0.5, 0.6) is 0 Å². The number of halogens is 3. The highest BCUT2D eigenvalue weighted by Gasteiger charge is 2.48. The van der Waals surface area contributed by atoms with E-state index in [0.29, 0.717) is 17.8 Å². The van der Waals surface area contributed by atoms with E-state index in [2.05, 4.69) is 29.1 Å². The fraction of sp³-hybridized carbons (Fsp3) is 0.941. The zero-order valence-electron chi connectivity index (χ0n) is 15.4. The lowest BCUT2D eigenvalue weighted by Gasteiger charge is -2.34. The summed E-state index contributed by atoms with van der Waals surface area (Å²) in [6, 6.07) is 0.103. The quantitative estimate of drug-likeness (QED) is 0.713. The lowest BCUT2D eigenvalue weighted by atomic mass is 9.84. The van der Waals surface area contributed by atoms with E-state index in [4.69, 9.17) is 5.73 Å². The summed E-state index contributed by atoms with van der Waals surface area (Å²) in [7, 11) is 2.18. The van der Waals surface area contributed by atoms with E-state index < -0.39 is 0 Å². The van der Waals surface area contributed by atoms with Crippen molar-refractivity contribution in [3.8, 4) is 0 Å². The van der Waals surface area contributed by atoms with Crippen LogP contribution in [0.3, 0.4) is 0 Å². The first-order chi connectivity index (χ1) is 10.5. The summed E-state index contributed by atoms with van der Waals surface area (Å²) < 4.78 is 0. The van der Waals surface area contributed by atoms with Crippen LogP contribution in [0.4, 0.5) is 0 Å². The van der Waals surface area contributed by atoms with Crippen molar-refractivity contribution in [1.29, 1.82) is 0 Å². The van der Waals surface area contributed by atoms with E-state index in [0.717, 1.165) is 39.3 Å². The smallest absolute Gasteiger partial charge is 0.224 e. The normalized spacial score (nSPS) is 32.9. The zero-order valence-corrected chi connectivity index (χ0v) is 17.8. The average molecular weight is 418 g/mol. The molecule has 150 valence electrons. The molecule has 1 heterocycles. The number of hydrogen-bond donors (Lipinski definition) is 2. The fourth-order valence-corrected chi connectivity index (χ4v) is 4.65. The molecule has 5 unspecified atom stereocenters. The van der Waals surface area contributed by atoms with Crippen LogP contribution in [0.15, 0.2) is 0 Å². The minimum atomic E-state index is 0. The first-order valence-corrected chi connectivity index (χ1v) is 8.98. The standard InChI is InChI=1S/C17H32N4O.3ClH/c1-12(11-21-7-5-20(2)6-8-21)10-19-17(22)15-13-3-4-14(9-13)16(15)18;;;/h12-16H,3-11,18H2,1-2H3,(H,19,22);3*1H. The fourth-order valence-electron chi connectivity index (χ4n) is 4.65. The van der Waals surface area contributed by atoms with Gasteiger partial charge in [0.1, 0.15) is 0 Å². The second kappa shape index (κ2) is 11.2. The summed E-state index contributed by atoms with van der Waals surface area (Å²) in [5.74, 6) is 1.94. The molecule has 2 aliphatic carbocycles. The first-order valence-electron chi connectivity index (χ1n) is 8.98. The molecule has 1 aliphatic heterocycles. The third-order valence-corrected chi connectivity index (χ3v) is 6.07. The minimum Gasteiger partial charge on any atom is -0.355 e. The highest BCUT2D eigenvalue weighted by molar-refractivity contribution is 5.86. The van der Waals surface area contributed by atoms with Gasteiger partial charge in [-0.15, -0.1) is 37.2 Å². The molecule has 5 atom stereocenters. The summed E-state index contributed by atoms with van der Waals surface area (Å²) in [4.78, 5) is 17.4. The van der Waals surface area contributed by atoms with Gasteiger partial charge >= 0.3 is 0 Å². The lowest BCUT2D eigenvalue weighted by Crippen LogP contribution is -2.48. The van der Waals surface area contributed by atoms with Gasteiger partial charge in [-0.25, -0.2) is 0 Å². The van der Waals surface area contributed by atoms with Crippen LogP contribution < -0.4 is 11.1 Å². The molecular weight excluding hydrogens is 383 g/mol. The molecule has 0 aromatic heterocycles. The van der Waals surface area contributed by atoms with Crippen molar-refractivity contribution >= 4 is 43.1 Å². The molecule has 0 aromatic carbocycles. The van der Waals surface area contributed by atoms with E-state index in [-0.39, 0.29) is 55.1 Å². The van der Waals surface area contributed by atoms with Gasteiger partial charge in [0.05, 0.1) is 5.92 Å². The Kier molecular flexibility index (Phi) is 11.2. The molecule has 3 N–H and O–H groups in total. The number of piperazine rings is 1. The first kappa shape index (κ1) is 25.2. The summed E-state index contributed by atoms with van der Waals surface area (Å²) in [6.07, 6.45) is 3.61. The highest BCUT2D eigenvalue weighted by Crippen LogP contribution is 2.47. The van der Waals surface area contributed by atoms with Crippen LogP contribution in [0.1, 0.15) is 26.2 Å². The maximum absolute atomic E-state index is 12.5. The van der Waals surface area contributed by atoms with Crippen molar-refractivity contribution in [2.45, 2.75) is 32.2 Å².